The molecule has 0 aliphatic carbocycles. The molecule has 0 fully saturated rings. The molecule has 0 unspecified atom stereocenters. The Morgan fingerprint density at radius 1 is 1.25 bits per heavy atom. The zero-order valence-electron chi connectivity index (χ0n) is 11.7. The summed E-state index contributed by atoms with van der Waals surface area (Å²) < 4.78 is 5.39. The first-order valence-corrected chi connectivity index (χ1v) is 6.44. The second kappa shape index (κ2) is 6.65. The van der Waals surface area contributed by atoms with Gasteiger partial charge in [0.1, 0.15) is 0 Å². The molecule has 0 atom stereocenters. The highest BCUT2D eigenvalue weighted by atomic mass is 16.5. The molecular weight excluding hydrogens is 256 g/mol. The fraction of sp³-hybridized carbons (Fsp3) is 0.385. The summed E-state index contributed by atoms with van der Waals surface area (Å²) in [6, 6.07) is 6.01. The van der Waals surface area contributed by atoms with Crippen LogP contribution in [0.2, 0.25) is 0 Å². The van der Waals surface area contributed by atoms with E-state index in [9.17, 15) is 0 Å². The second-order valence-electron chi connectivity index (χ2n) is 4.30. The summed E-state index contributed by atoms with van der Waals surface area (Å²) in [7, 11) is 1.87. The molecule has 0 spiro atoms. The molecule has 0 saturated carbocycles. The molecule has 0 bridgehead atoms. The van der Waals surface area contributed by atoms with Crippen LogP contribution < -0.4 is 15.4 Å². The van der Waals surface area contributed by atoms with Crippen molar-refractivity contribution in [2.45, 2.75) is 19.9 Å². The van der Waals surface area contributed by atoms with E-state index in [2.05, 4.69) is 19.9 Å². The molecule has 2 aromatic rings. The molecule has 0 amide bonds. The Hall–Kier alpha value is -2.44. The fourth-order valence-corrected chi connectivity index (χ4v) is 1.59. The van der Waals surface area contributed by atoms with Crippen LogP contribution >= 0.6 is 0 Å². The number of nitrogen functional groups attached to an aromatic ring is 1. The van der Waals surface area contributed by atoms with Gasteiger partial charge in [0, 0.05) is 13.2 Å². The molecule has 7 nitrogen and oxygen atoms in total. The standard InChI is InChI=1S/C13H18N6O/c1-3-8-20-13-17-11(14)16-12(18-13)19(2)9-10-6-4-5-7-15-10/h4-7H,3,8-9H2,1-2H3,(H2,14,16,17,18). The Morgan fingerprint density at radius 3 is 2.80 bits per heavy atom. The van der Waals surface area contributed by atoms with Gasteiger partial charge in [0.2, 0.25) is 11.9 Å². The van der Waals surface area contributed by atoms with E-state index in [1.807, 2.05) is 37.1 Å². The van der Waals surface area contributed by atoms with Crippen LogP contribution in [-0.4, -0.2) is 33.6 Å². The first kappa shape index (κ1) is 14.0. The monoisotopic (exact) mass is 274 g/mol. The summed E-state index contributed by atoms with van der Waals surface area (Å²) in [4.78, 5) is 18.4. The summed E-state index contributed by atoms with van der Waals surface area (Å²) in [5.74, 6) is 0.614. The van der Waals surface area contributed by atoms with Crippen LogP contribution in [0.1, 0.15) is 19.0 Å². The third-order valence-electron chi connectivity index (χ3n) is 2.52. The Bertz CT molecular complexity index is 548. The number of nitrogens with zero attached hydrogens (tertiary/aromatic N) is 5. The van der Waals surface area contributed by atoms with Gasteiger partial charge in [0.15, 0.2) is 0 Å². The lowest BCUT2D eigenvalue weighted by Crippen LogP contribution is -2.21. The minimum Gasteiger partial charge on any atom is -0.463 e. The number of hydrogen-bond acceptors (Lipinski definition) is 7. The van der Waals surface area contributed by atoms with E-state index in [1.165, 1.54) is 0 Å². The van der Waals surface area contributed by atoms with Crippen molar-refractivity contribution in [3.63, 3.8) is 0 Å². The topological polar surface area (TPSA) is 90.0 Å². The van der Waals surface area contributed by atoms with Crippen molar-refractivity contribution in [2.75, 3.05) is 24.3 Å². The summed E-state index contributed by atoms with van der Waals surface area (Å²) >= 11 is 0. The SMILES string of the molecule is CCCOc1nc(N)nc(N(C)Cc2ccccn2)n1. The number of anilines is 2. The summed E-state index contributed by atoms with van der Waals surface area (Å²) in [6.07, 6.45) is 2.63. The minimum atomic E-state index is 0.147. The van der Waals surface area contributed by atoms with Crippen molar-refractivity contribution in [2.24, 2.45) is 0 Å². The van der Waals surface area contributed by atoms with Gasteiger partial charge in [-0.25, -0.2) is 0 Å². The molecule has 2 rings (SSSR count). The quantitative estimate of drug-likeness (QED) is 0.848. The Morgan fingerprint density at radius 2 is 2.10 bits per heavy atom. The predicted octanol–water partition coefficient (Wildman–Crippen LogP) is 1.27. The van der Waals surface area contributed by atoms with Gasteiger partial charge in [-0.1, -0.05) is 13.0 Å². The summed E-state index contributed by atoms with van der Waals surface area (Å²) in [6.45, 7) is 3.14. The fourth-order valence-electron chi connectivity index (χ4n) is 1.59. The van der Waals surface area contributed by atoms with E-state index in [1.54, 1.807) is 6.20 Å². The Labute approximate surface area is 117 Å². The lowest BCUT2D eigenvalue weighted by atomic mass is 10.3. The summed E-state index contributed by atoms with van der Waals surface area (Å²) in [5, 5.41) is 0. The Kier molecular flexibility index (Phi) is 4.65. The van der Waals surface area contributed by atoms with E-state index in [-0.39, 0.29) is 12.0 Å². The number of nitrogens with two attached hydrogens (primary N) is 1. The van der Waals surface area contributed by atoms with Gasteiger partial charge in [-0.3, -0.25) is 4.98 Å². The van der Waals surface area contributed by atoms with Crippen molar-refractivity contribution < 1.29 is 4.74 Å². The van der Waals surface area contributed by atoms with Gasteiger partial charge in [-0.2, -0.15) is 15.0 Å². The molecule has 106 valence electrons. The highest BCUT2D eigenvalue weighted by Crippen LogP contribution is 2.14. The molecule has 0 aliphatic rings. The molecule has 0 aliphatic heterocycles. The maximum atomic E-state index is 5.68. The highest BCUT2D eigenvalue weighted by molar-refractivity contribution is 5.35. The van der Waals surface area contributed by atoms with E-state index in [0.717, 1.165) is 12.1 Å². The van der Waals surface area contributed by atoms with E-state index >= 15 is 0 Å². The van der Waals surface area contributed by atoms with E-state index < -0.39 is 0 Å². The average Bonchev–Trinajstić information content (AvgIpc) is 2.45. The zero-order valence-corrected chi connectivity index (χ0v) is 11.7. The molecule has 20 heavy (non-hydrogen) atoms. The van der Waals surface area contributed by atoms with Crippen molar-refractivity contribution in [1.82, 2.24) is 19.9 Å². The highest BCUT2D eigenvalue weighted by Gasteiger charge is 2.10. The van der Waals surface area contributed by atoms with Crippen LogP contribution in [0.4, 0.5) is 11.9 Å². The van der Waals surface area contributed by atoms with Crippen LogP contribution in [-0.2, 0) is 6.54 Å². The molecule has 0 saturated heterocycles. The zero-order chi connectivity index (χ0) is 14.4. The van der Waals surface area contributed by atoms with Crippen molar-refractivity contribution in [3.05, 3.63) is 30.1 Å². The van der Waals surface area contributed by atoms with Gasteiger partial charge in [0.05, 0.1) is 18.8 Å². The lowest BCUT2D eigenvalue weighted by molar-refractivity contribution is 0.292. The third-order valence-corrected chi connectivity index (χ3v) is 2.52. The molecule has 0 aromatic carbocycles. The van der Waals surface area contributed by atoms with Crippen LogP contribution in [0, 0.1) is 0 Å². The number of rotatable bonds is 6. The van der Waals surface area contributed by atoms with Crippen molar-refractivity contribution in [3.8, 4) is 6.01 Å². The lowest BCUT2D eigenvalue weighted by Gasteiger charge is -2.17. The van der Waals surface area contributed by atoms with Crippen LogP contribution in [0.15, 0.2) is 24.4 Å². The molecule has 2 aromatic heterocycles. The van der Waals surface area contributed by atoms with Gasteiger partial charge in [0.25, 0.3) is 0 Å². The average molecular weight is 274 g/mol. The molecule has 7 heteroatoms. The number of aromatic nitrogens is 4. The first-order valence-electron chi connectivity index (χ1n) is 6.44. The number of ether oxygens (including phenoxy) is 1. The molecule has 0 radical (unpaired) electrons. The second-order valence-corrected chi connectivity index (χ2v) is 4.30. The van der Waals surface area contributed by atoms with Gasteiger partial charge >= 0.3 is 6.01 Å². The third kappa shape index (κ3) is 3.78. The maximum absolute atomic E-state index is 5.68. The van der Waals surface area contributed by atoms with Crippen molar-refractivity contribution >= 4 is 11.9 Å². The molecular formula is C13H18N6O. The predicted molar refractivity (Wildman–Crippen MR) is 76.4 cm³/mol. The number of hydrogen-bond donors (Lipinski definition) is 1. The largest absolute Gasteiger partial charge is 0.463 e. The Balaban J connectivity index is 2.12. The normalized spacial score (nSPS) is 10.3. The van der Waals surface area contributed by atoms with Crippen LogP contribution in [0.5, 0.6) is 6.01 Å². The first-order chi connectivity index (χ1) is 9.69. The van der Waals surface area contributed by atoms with Crippen LogP contribution in [0.3, 0.4) is 0 Å². The van der Waals surface area contributed by atoms with Crippen molar-refractivity contribution in [1.29, 1.82) is 0 Å². The van der Waals surface area contributed by atoms with Gasteiger partial charge in [-0.15, -0.1) is 0 Å². The van der Waals surface area contributed by atoms with E-state index in [4.69, 9.17) is 10.5 Å². The van der Waals surface area contributed by atoms with E-state index in [0.29, 0.717) is 19.1 Å². The smallest absolute Gasteiger partial charge is 0.323 e. The molecule has 2 N–H and O–H groups in total. The van der Waals surface area contributed by atoms with Gasteiger partial charge < -0.3 is 15.4 Å². The summed E-state index contributed by atoms with van der Waals surface area (Å²) in [5.41, 5.74) is 6.60. The number of pyridine rings is 1. The molecule has 2 heterocycles. The van der Waals surface area contributed by atoms with Gasteiger partial charge in [-0.05, 0) is 18.6 Å². The maximum Gasteiger partial charge on any atom is 0.323 e. The van der Waals surface area contributed by atoms with Crippen LogP contribution in [0.25, 0.3) is 0 Å². The minimum absolute atomic E-state index is 0.147.